The Morgan fingerprint density at radius 1 is 1.04 bits per heavy atom. The maximum Gasteiger partial charge on any atom is 0.277 e. The first kappa shape index (κ1) is 16.8. The fourth-order valence-corrected chi connectivity index (χ4v) is 2.97. The van der Waals surface area contributed by atoms with E-state index in [0.717, 1.165) is 11.1 Å². The quantitative estimate of drug-likeness (QED) is 0.752. The highest BCUT2D eigenvalue weighted by molar-refractivity contribution is 5.95. The summed E-state index contributed by atoms with van der Waals surface area (Å²) in [6.45, 7) is 2.17. The summed E-state index contributed by atoms with van der Waals surface area (Å²) in [7, 11) is 1.71. The molecule has 5 heteroatoms. The first-order valence-electron chi connectivity index (χ1n) is 8.21. The van der Waals surface area contributed by atoms with Crippen LogP contribution in [0.4, 0.5) is 0 Å². The van der Waals surface area contributed by atoms with E-state index in [1.807, 2.05) is 60.7 Å². The number of hydrogen-bond donors (Lipinski definition) is 2. The second-order valence-corrected chi connectivity index (χ2v) is 6.04. The number of benzene rings is 2. The van der Waals surface area contributed by atoms with Crippen molar-refractivity contribution in [1.29, 1.82) is 0 Å². The van der Waals surface area contributed by atoms with E-state index in [1.165, 1.54) is 0 Å². The fraction of sp³-hybridized carbons (Fsp3) is 0.200. The molecule has 1 amide bonds. The zero-order chi connectivity index (χ0) is 17.8. The van der Waals surface area contributed by atoms with Crippen molar-refractivity contribution in [3.63, 3.8) is 0 Å². The highest BCUT2D eigenvalue weighted by Gasteiger charge is 2.20. The SMILES string of the molecule is Cc1c(C(=O)NCC(c2ccccc2)c2ccccc2)c(=O)[nH]n1C. The van der Waals surface area contributed by atoms with E-state index in [4.69, 9.17) is 0 Å². The number of carbonyl (C=O) groups excluding carboxylic acids is 1. The van der Waals surface area contributed by atoms with Crippen molar-refractivity contribution in [2.24, 2.45) is 7.05 Å². The molecule has 0 aliphatic rings. The van der Waals surface area contributed by atoms with Gasteiger partial charge in [-0.25, -0.2) is 0 Å². The molecule has 0 unspecified atom stereocenters. The maximum atomic E-state index is 12.5. The molecule has 0 saturated carbocycles. The Labute approximate surface area is 146 Å². The molecule has 2 N–H and O–H groups in total. The minimum absolute atomic E-state index is 0.0226. The molecule has 0 saturated heterocycles. The van der Waals surface area contributed by atoms with Gasteiger partial charge >= 0.3 is 0 Å². The minimum Gasteiger partial charge on any atom is -0.351 e. The van der Waals surface area contributed by atoms with Gasteiger partial charge in [-0.2, -0.15) is 0 Å². The highest BCUT2D eigenvalue weighted by Crippen LogP contribution is 2.23. The topological polar surface area (TPSA) is 66.9 Å². The van der Waals surface area contributed by atoms with Crippen LogP contribution in [0.5, 0.6) is 0 Å². The van der Waals surface area contributed by atoms with Crippen molar-refractivity contribution in [2.45, 2.75) is 12.8 Å². The molecule has 0 bridgehead atoms. The normalized spacial score (nSPS) is 10.8. The molecule has 0 spiro atoms. The van der Waals surface area contributed by atoms with Crippen molar-refractivity contribution < 1.29 is 4.79 Å². The Balaban J connectivity index is 1.84. The van der Waals surface area contributed by atoms with Crippen molar-refractivity contribution in [3.8, 4) is 0 Å². The van der Waals surface area contributed by atoms with Gasteiger partial charge < -0.3 is 5.32 Å². The van der Waals surface area contributed by atoms with Crippen LogP contribution in [0.15, 0.2) is 65.5 Å². The minimum atomic E-state index is -0.367. The summed E-state index contributed by atoms with van der Waals surface area (Å²) in [5.74, 6) is -0.328. The molecule has 2 aromatic carbocycles. The van der Waals surface area contributed by atoms with Crippen LogP contribution < -0.4 is 10.9 Å². The largest absolute Gasteiger partial charge is 0.351 e. The number of H-pyrrole nitrogens is 1. The first-order valence-corrected chi connectivity index (χ1v) is 8.21. The summed E-state index contributed by atoms with van der Waals surface area (Å²) in [6, 6.07) is 20.1. The molecule has 3 rings (SSSR count). The van der Waals surface area contributed by atoms with E-state index >= 15 is 0 Å². The van der Waals surface area contributed by atoms with Gasteiger partial charge in [0.15, 0.2) is 0 Å². The zero-order valence-corrected chi connectivity index (χ0v) is 14.3. The molecule has 1 heterocycles. The number of rotatable bonds is 5. The molecule has 3 aromatic rings. The van der Waals surface area contributed by atoms with Gasteiger partial charge in [0, 0.05) is 25.2 Å². The molecule has 25 heavy (non-hydrogen) atoms. The second-order valence-electron chi connectivity index (χ2n) is 6.04. The van der Waals surface area contributed by atoms with Gasteiger partial charge in [-0.1, -0.05) is 60.7 Å². The third-order valence-corrected chi connectivity index (χ3v) is 4.46. The van der Waals surface area contributed by atoms with Crippen molar-refractivity contribution in [1.82, 2.24) is 15.1 Å². The molecule has 1 aromatic heterocycles. The summed E-state index contributed by atoms with van der Waals surface area (Å²) >= 11 is 0. The van der Waals surface area contributed by atoms with E-state index in [2.05, 4.69) is 10.4 Å². The fourth-order valence-electron chi connectivity index (χ4n) is 2.97. The van der Waals surface area contributed by atoms with Crippen molar-refractivity contribution in [2.75, 3.05) is 6.54 Å². The van der Waals surface area contributed by atoms with Crippen LogP contribution in [0.1, 0.15) is 33.1 Å². The highest BCUT2D eigenvalue weighted by atomic mass is 16.2. The lowest BCUT2D eigenvalue weighted by molar-refractivity contribution is 0.0950. The predicted octanol–water partition coefficient (Wildman–Crippen LogP) is 2.58. The predicted molar refractivity (Wildman–Crippen MR) is 97.8 cm³/mol. The molecule has 5 nitrogen and oxygen atoms in total. The molecule has 0 radical (unpaired) electrons. The van der Waals surface area contributed by atoms with E-state index in [1.54, 1.807) is 18.7 Å². The van der Waals surface area contributed by atoms with Gasteiger partial charge in [0.05, 0.1) is 0 Å². The van der Waals surface area contributed by atoms with Crippen LogP contribution in [-0.4, -0.2) is 22.2 Å². The summed E-state index contributed by atoms with van der Waals surface area (Å²) in [6.07, 6.45) is 0. The summed E-state index contributed by atoms with van der Waals surface area (Å²) in [4.78, 5) is 24.5. The molecule has 0 atom stereocenters. The lowest BCUT2D eigenvalue weighted by atomic mass is 9.91. The standard InChI is InChI=1S/C20H21N3O2/c1-14-18(20(25)22-23(14)2)19(24)21-13-17(15-9-5-3-6-10-15)16-11-7-4-8-12-16/h3-12,17H,13H2,1-2H3,(H,21,24)(H,22,25). The van der Waals surface area contributed by atoms with Crippen molar-refractivity contribution in [3.05, 3.63) is 93.4 Å². The number of amides is 1. The van der Waals surface area contributed by atoms with Gasteiger partial charge in [-0.15, -0.1) is 0 Å². The van der Waals surface area contributed by atoms with Crippen LogP contribution in [0.25, 0.3) is 0 Å². The molecular weight excluding hydrogens is 314 g/mol. The van der Waals surface area contributed by atoms with E-state index < -0.39 is 0 Å². The second kappa shape index (κ2) is 7.21. The molecule has 0 aliphatic carbocycles. The van der Waals surface area contributed by atoms with Gasteiger partial charge in [0.25, 0.3) is 11.5 Å². The number of aromatic nitrogens is 2. The van der Waals surface area contributed by atoms with Crippen LogP contribution in [-0.2, 0) is 7.05 Å². The number of nitrogens with one attached hydrogen (secondary N) is 2. The van der Waals surface area contributed by atoms with Crippen molar-refractivity contribution >= 4 is 5.91 Å². The van der Waals surface area contributed by atoms with E-state index in [0.29, 0.717) is 12.2 Å². The zero-order valence-electron chi connectivity index (χ0n) is 14.3. The Morgan fingerprint density at radius 2 is 1.56 bits per heavy atom. The molecular formula is C20H21N3O2. The smallest absolute Gasteiger partial charge is 0.277 e. The average Bonchev–Trinajstić information content (AvgIpc) is 2.89. The number of aromatic amines is 1. The van der Waals surface area contributed by atoms with Gasteiger partial charge in [-0.3, -0.25) is 19.4 Å². The van der Waals surface area contributed by atoms with Crippen LogP contribution in [0.3, 0.4) is 0 Å². The van der Waals surface area contributed by atoms with Crippen LogP contribution in [0.2, 0.25) is 0 Å². The van der Waals surface area contributed by atoms with E-state index in [-0.39, 0.29) is 22.9 Å². The van der Waals surface area contributed by atoms with Gasteiger partial charge in [-0.05, 0) is 18.1 Å². The Kier molecular flexibility index (Phi) is 4.84. The Morgan fingerprint density at radius 3 is 2.00 bits per heavy atom. The summed E-state index contributed by atoms with van der Waals surface area (Å²) in [5, 5.41) is 5.53. The molecule has 0 aliphatic heterocycles. The van der Waals surface area contributed by atoms with Crippen LogP contribution in [0, 0.1) is 6.92 Å². The third kappa shape index (κ3) is 3.55. The molecule has 128 valence electrons. The third-order valence-electron chi connectivity index (χ3n) is 4.46. The average molecular weight is 335 g/mol. The monoisotopic (exact) mass is 335 g/mol. The first-order chi connectivity index (χ1) is 12.1. The Hall–Kier alpha value is -3.08. The lowest BCUT2D eigenvalue weighted by Gasteiger charge is -2.18. The number of nitrogens with zero attached hydrogens (tertiary/aromatic N) is 1. The maximum absolute atomic E-state index is 12.5. The van der Waals surface area contributed by atoms with E-state index in [9.17, 15) is 9.59 Å². The number of aryl methyl sites for hydroxylation is 1. The van der Waals surface area contributed by atoms with Gasteiger partial charge in [0.1, 0.15) is 5.56 Å². The number of hydrogen-bond acceptors (Lipinski definition) is 2. The van der Waals surface area contributed by atoms with Crippen LogP contribution >= 0.6 is 0 Å². The summed E-state index contributed by atoms with van der Waals surface area (Å²) in [5.41, 5.74) is 2.66. The molecule has 0 fully saturated rings. The lowest BCUT2D eigenvalue weighted by Crippen LogP contribution is -2.32. The number of carbonyl (C=O) groups is 1. The Bertz CT molecular complexity index is 872. The summed E-state index contributed by atoms with van der Waals surface area (Å²) < 4.78 is 1.56. The van der Waals surface area contributed by atoms with Gasteiger partial charge in [0.2, 0.25) is 0 Å².